The minimum absolute atomic E-state index is 0.326. The van der Waals surface area contributed by atoms with E-state index in [9.17, 15) is 4.79 Å². The number of aromatic nitrogens is 3. The van der Waals surface area contributed by atoms with Crippen LogP contribution < -0.4 is 0 Å². The summed E-state index contributed by atoms with van der Waals surface area (Å²) in [5.74, 6) is 0.0452. The molecule has 2 aromatic rings. The molecule has 0 amide bonds. The van der Waals surface area contributed by atoms with Crippen molar-refractivity contribution in [3.63, 3.8) is 0 Å². The molecule has 6 nitrogen and oxygen atoms in total. The molecule has 0 radical (unpaired) electrons. The van der Waals surface area contributed by atoms with E-state index < -0.39 is 5.25 Å². The predicted molar refractivity (Wildman–Crippen MR) is 64.9 cm³/mol. The van der Waals surface area contributed by atoms with E-state index in [1.807, 2.05) is 6.07 Å². The Morgan fingerprint density at radius 2 is 2.33 bits per heavy atom. The number of nitrogens with zero attached hydrogens (tertiary/aromatic N) is 3. The maximum absolute atomic E-state index is 11.3. The standard InChI is InChI=1S/C11H11N3O3S/c1-7(10(15)16-2)18-11-14-13-9(17-11)8-4-3-5-12-6-8/h3-7H,1-2H3/t7-/m0/s1. The van der Waals surface area contributed by atoms with Gasteiger partial charge in [0, 0.05) is 12.4 Å². The molecule has 0 aromatic carbocycles. The predicted octanol–water partition coefficient (Wildman–Crippen LogP) is 1.79. The van der Waals surface area contributed by atoms with E-state index in [4.69, 9.17) is 4.42 Å². The van der Waals surface area contributed by atoms with Crippen LogP contribution in [0.2, 0.25) is 0 Å². The summed E-state index contributed by atoms with van der Waals surface area (Å²) >= 11 is 1.16. The van der Waals surface area contributed by atoms with Crippen LogP contribution in [-0.4, -0.2) is 33.5 Å². The highest BCUT2D eigenvalue weighted by Crippen LogP contribution is 2.25. The molecule has 0 aliphatic heterocycles. The van der Waals surface area contributed by atoms with Crippen LogP contribution in [0, 0.1) is 0 Å². The number of carbonyl (C=O) groups excluding carboxylic acids is 1. The third-order valence-electron chi connectivity index (χ3n) is 2.13. The summed E-state index contributed by atoms with van der Waals surface area (Å²) in [6, 6.07) is 3.60. The zero-order chi connectivity index (χ0) is 13.0. The van der Waals surface area contributed by atoms with Gasteiger partial charge in [-0.15, -0.1) is 10.2 Å². The molecular weight excluding hydrogens is 254 g/mol. The fourth-order valence-corrected chi connectivity index (χ4v) is 1.94. The Balaban J connectivity index is 2.09. The number of hydrogen-bond acceptors (Lipinski definition) is 7. The van der Waals surface area contributed by atoms with Gasteiger partial charge in [0.15, 0.2) is 0 Å². The molecule has 0 saturated carbocycles. The summed E-state index contributed by atoms with van der Waals surface area (Å²) < 4.78 is 10.0. The van der Waals surface area contributed by atoms with Crippen LogP contribution >= 0.6 is 11.8 Å². The Labute approximate surface area is 108 Å². The molecule has 2 heterocycles. The summed E-state index contributed by atoms with van der Waals surface area (Å²) in [4.78, 5) is 15.2. The summed E-state index contributed by atoms with van der Waals surface area (Å²) in [6.45, 7) is 1.71. The summed E-state index contributed by atoms with van der Waals surface area (Å²) in [6.07, 6.45) is 3.29. The van der Waals surface area contributed by atoms with Gasteiger partial charge < -0.3 is 9.15 Å². The van der Waals surface area contributed by atoms with E-state index in [-0.39, 0.29) is 5.97 Å². The summed E-state index contributed by atoms with van der Waals surface area (Å²) in [5.41, 5.74) is 0.738. The average Bonchev–Trinajstić information content (AvgIpc) is 2.87. The van der Waals surface area contributed by atoms with E-state index in [0.29, 0.717) is 11.1 Å². The van der Waals surface area contributed by atoms with Crippen molar-refractivity contribution in [3.8, 4) is 11.5 Å². The molecule has 0 N–H and O–H groups in total. The molecule has 94 valence electrons. The second-order valence-corrected chi connectivity index (χ2v) is 4.69. The lowest BCUT2D eigenvalue weighted by Crippen LogP contribution is -2.14. The van der Waals surface area contributed by atoms with Gasteiger partial charge in [0.05, 0.1) is 12.7 Å². The maximum Gasteiger partial charge on any atom is 0.319 e. The van der Waals surface area contributed by atoms with Crippen molar-refractivity contribution in [2.24, 2.45) is 0 Å². The monoisotopic (exact) mass is 265 g/mol. The van der Waals surface area contributed by atoms with E-state index in [2.05, 4.69) is 19.9 Å². The van der Waals surface area contributed by atoms with E-state index >= 15 is 0 Å². The van der Waals surface area contributed by atoms with Crippen LogP contribution in [0.1, 0.15) is 6.92 Å². The first-order valence-corrected chi connectivity index (χ1v) is 6.07. The Morgan fingerprint density at radius 3 is 3.00 bits per heavy atom. The van der Waals surface area contributed by atoms with Crippen LogP contribution in [0.4, 0.5) is 0 Å². The minimum atomic E-state index is -0.391. The first-order valence-electron chi connectivity index (χ1n) is 5.19. The van der Waals surface area contributed by atoms with Crippen molar-refractivity contribution < 1.29 is 13.9 Å². The minimum Gasteiger partial charge on any atom is -0.468 e. The lowest BCUT2D eigenvalue weighted by molar-refractivity contribution is -0.139. The molecule has 0 aliphatic rings. The number of ether oxygens (including phenoxy) is 1. The van der Waals surface area contributed by atoms with Gasteiger partial charge in [-0.05, 0) is 19.1 Å². The van der Waals surface area contributed by atoms with Gasteiger partial charge in [-0.2, -0.15) is 0 Å². The van der Waals surface area contributed by atoms with Gasteiger partial charge in [0.2, 0.25) is 5.89 Å². The molecule has 0 fully saturated rings. The van der Waals surface area contributed by atoms with Crippen molar-refractivity contribution in [1.29, 1.82) is 0 Å². The first-order chi connectivity index (χ1) is 8.70. The van der Waals surface area contributed by atoms with Crippen LogP contribution in [0.3, 0.4) is 0 Å². The zero-order valence-electron chi connectivity index (χ0n) is 9.86. The highest BCUT2D eigenvalue weighted by Gasteiger charge is 2.18. The second kappa shape index (κ2) is 5.63. The van der Waals surface area contributed by atoms with Gasteiger partial charge in [0.1, 0.15) is 5.25 Å². The first kappa shape index (κ1) is 12.6. The fourth-order valence-electron chi connectivity index (χ4n) is 1.23. The number of pyridine rings is 1. The van der Waals surface area contributed by atoms with E-state index in [1.165, 1.54) is 7.11 Å². The number of rotatable bonds is 4. The van der Waals surface area contributed by atoms with Gasteiger partial charge in [0.25, 0.3) is 5.22 Å². The topological polar surface area (TPSA) is 78.1 Å². The van der Waals surface area contributed by atoms with Gasteiger partial charge in [-0.25, -0.2) is 0 Å². The Kier molecular flexibility index (Phi) is 3.93. The van der Waals surface area contributed by atoms with Crippen molar-refractivity contribution in [3.05, 3.63) is 24.5 Å². The fraction of sp³-hybridized carbons (Fsp3) is 0.273. The number of esters is 1. The number of carbonyl (C=O) groups is 1. The van der Waals surface area contributed by atoms with Gasteiger partial charge in [-0.3, -0.25) is 9.78 Å². The lowest BCUT2D eigenvalue weighted by Gasteiger charge is -2.04. The lowest BCUT2D eigenvalue weighted by atomic mass is 10.3. The maximum atomic E-state index is 11.3. The molecule has 18 heavy (non-hydrogen) atoms. The van der Waals surface area contributed by atoms with Crippen LogP contribution in [0.25, 0.3) is 11.5 Å². The third-order valence-corrected chi connectivity index (χ3v) is 3.04. The van der Waals surface area contributed by atoms with Crippen molar-refractivity contribution in [2.45, 2.75) is 17.4 Å². The Hall–Kier alpha value is -1.89. The Bertz CT molecular complexity index is 529. The largest absolute Gasteiger partial charge is 0.468 e. The second-order valence-electron chi connectivity index (χ2n) is 3.40. The summed E-state index contributed by atoms with van der Waals surface area (Å²) in [5, 5.41) is 7.69. The van der Waals surface area contributed by atoms with E-state index in [1.54, 1.807) is 25.4 Å². The Morgan fingerprint density at radius 1 is 1.50 bits per heavy atom. The number of hydrogen-bond donors (Lipinski definition) is 0. The molecule has 0 aliphatic carbocycles. The molecule has 2 rings (SSSR count). The number of thioether (sulfide) groups is 1. The molecular formula is C11H11N3O3S. The molecule has 7 heteroatoms. The van der Waals surface area contributed by atoms with E-state index in [0.717, 1.165) is 17.3 Å². The van der Waals surface area contributed by atoms with Crippen LogP contribution in [0.5, 0.6) is 0 Å². The highest BCUT2D eigenvalue weighted by molar-refractivity contribution is 8.00. The van der Waals surface area contributed by atoms with Crippen molar-refractivity contribution >= 4 is 17.7 Å². The molecule has 0 unspecified atom stereocenters. The molecule has 0 bridgehead atoms. The van der Waals surface area contributed by atoms with Gasteiger partial charge in [-0.1, -0.05) is 11.8 Å². The molecule has 0 saturated heterocycles. The van der Waals surface area contributed by atoms with Crippen LogP contribution in [-0.2, 0) is 9.53 Å². The molecule has 2 aromatic heterocycles. The third kappa shape index (κ3) is 2.86. The quantitative estimate of drug-likeness (QED) is 0.616. The molecule has 0 spiro atoms. The average molecular weight is 265 g/mol. The zero-order valence-corrected chi connectivity index (χ0v) is 10.7. The molecule has 1 atom stereocenters. The number of methoxy groups -OCH3 is 1. The summed E-state index contributed by atoms with van der Waals surface area (Å²) in [7, 11) is 1.34. The van der Waals surface area contributed by atoms with Crippen molar-refractivity contribution in [2.75, 3.05) is 7.11 Å². The smallest absolute Gasteiger partial charge is 0.319 e. The highest BCUT2D eigenvalue weighted by atomic mass is 32.2. The van der Waals surface area contributed by atoms with Gasteiger partial charge >= 0.3 is 5.97 Å². The van der Waals surface area contributed by atoms with Crippen LogP contribution in [0.15, 0.2) is 34.2 Å². The normalized spacial score (nSPS) is 12.1. The SMILES string of the molecule is COC(=O)[C@H](C)Sc1nnc(-c2cccnc2)o1. The van der Waals surface area contributed by atoms with Crippen molar-refractivity contribution in [1.82, 2.24) is 15.2 Å².